The first kappa shape index (κ1) is 14.2. The lowest BCUT2D eigenvalue weighted by atomic mass is 10.1. The minimum absolute atomic E-state index is 0.366. The minimum Gasteiger partial charge on any atom is -0.386 e. The van der Waals surface area contributed by atoms with E-state index in [1.165, 1.54) is 11.4 Å². The Morgan fingerprint density at radius 3 is 1.93 bits per heavy atom. The van der Waals surface area contributed by atoms with Crippen molar-refractivity contribution in [1.82, 2.24) is 5.32 Å². The van der Waals surface area contributed by atoms with Crippen LogP contribution in [-0.2, 0) is 0 Å². The summed E-state index contributed by atoms with van der Waals surface area (Å²) in [5.41, 5.74) is 2.37. The smallest absolute Gasteiger partial charge is 0.0446 e. The summed E-state index contributed by atoms with van der Waals surface area (Å²) in [6, 6.07) is 0.846. The standard InChI is InChI=1S/C13H26N2/c1-9(2)13(15-11(5)6)8-12(7)14-10(3)4/h8-11,14H,1-7H3/b12-8-,15-13?. The maximum atomic E-state index is 4.62. The van der Waals surface area contributed by atoms with Crippen LogP contribution in [0.25, 0.3) is 0 Å². The molecule has 0 aromatic rings. The summed E-state index contributed by atoms with van der Waals surface area (Å²) in [6.07, 6.45) is 2.16. The van der Waals surface area contributed by atoms with Crippen LogP contribution in [0.3, 0.4) is 0 Å². The van der Waals surface area contributed by atoms with Crippen molar-refractivity contribution in [3.05, 3.63) is 11.8 Å². The Balaban J connectivity index is 4.66. The van der Waals surface area contributed by atoms with E-state index in [0.717, 1.165) is 0 Å². The lowest BCUT2D eigenvalue weighted by Gasteiger charge is -2.13. The summed E-state index contributed by atoms with van der Waals surface area (Å²) in [7, 11) is 0. The number of nitrogens with zero attached hydrogens (tertiary/aromatic N) is 1. The lowest BCUT2D eigenvalue weighted by molar-refractivity contribution is 0.669. The molecule has 0 aliphatic carbocycles. The maximum Gasteiger partial charge on any atom is 0.0446 e. The molecule has 0 rings (SSSR count). The second kappa shape index (κ2) is 6.65. The van der Waals surface area contributed by atoms with Crippen LogP contribution in [0.15, 0.2) is 16.8 Å². The van der Waals surface area contributed by atoms with E-state index in [2.05, 4.69) is 64.9 Å². The van der Waals surface area contributed by atoms with Crippen LogP contribution in [0.1, 0.15) is 48.5 Å². The van der Waals surface area contributed by atoms with Crippen molar-refractivity contribution in [2.24, 2.45) is 10.9 Å². The highest BCUT2D eigenvalue weighted by atomic mass is 14.9. The van der Waals surface area contributed by atoms with E-state index in [0.29, 0.717) is 18.0 Å². The fourth-order valence-corrected chi connectivity index (χ4v) is 1.37. The average Bonchev–Trinajstić information content (AvgIpc) is 1.99. The van der Waals surface area contributed by atoms with E-state index in [1.807, 2.05) is 0 Å². The van der Waals surface area contributed by atoms with Gasteiger partial charge in [0.15, 0.2) is 0 Å². The minimum atomic E-state index is 0.366. The van der Waals surface area contributed by atoms with Gasteiger partial charge in [-0.3, -0.25) is 4.99 Å². The molecule has 0 aliphatic rings. The molecular formula is C13H26N2. The van der Waals surface area contributed by atoms with Gasteiger partial charge < -0.3 is 5.32 Å². The third-order valence-corrected chi connectivity index (χ3v) is 1.88. The highest BCUT2D eigenvalue weighted by molar-refractivity contribution is 5.96. The van der Waals surface area contributed by atoms with Crippen LogP contribution < -0.4 is 5.32 Å². The molecule has 0 aromatic carbocycles. The van der Waals surface area contributed by atoms with Crippen molar-refractivity contribution < 1.29 is 0 Å². The van der Waals surface area contributed by atoms with Crippen LogP contribution in [0, 0.1) is 5.92 Å². The predicted molar refractivity (Wildman–Crippen MR) is 69.4 cm³/mol. The Morgan fingerprint density at radius 2 is 1.60 bits per heavy atom. The molecule has 88 valence electrons. The molecule has 0 saturated heterocycles. The first-order chi connectivity index (χ1) is 6.82. The zero-order chi connectivity index (χ0) is 12.0. The van der Waals surface area contributed by atoms with Crippen LogP contribution >= 0.6 is 0 Å². The summed E-state index contributed by atoms with van der Waals surface area (Å²) in [5, 5.41) is 3.38. The first-order valence-corrected chi connectivity index (χ1v) is 5.85. The van der Waals surface area contributed by atoms with Gasteiger partial charge in [0.05, 0.1) is 0 Å². The molecule has 2 nitrogen and oxygen atoms in total. The first-order valence-electron chi connectivity index (χ1n) is 5.85. The molecule has 0 bridgehead atoms. The normalized spacial score (nSPS) is 14.3. The molecule has 0 aromatic heterocycles. The molecule has 0 radical (unpaired) electrons. The summed E-state index contributed by atoms with van der Waals surface area (Å²) >= 11 is 0. The van der Waals surface area contributed by atoms with E-state index in [1.54, 1.807) is 0 Å². The number of aliphatic imine (C=N–C) groups is 1. The average molecular weight is 210 g/mol. The van der Waals surface area contributed by atoms with E-state index >= 15 is 0 Å². The largest absolute Gasteiger partial charge is 0.386 e. The van der Waals surface area contributed by atoms with Gasteiger partial charge in [0.1, 0.15) is 0 Å². The summed E-state index contributed by atoms with van der Waals surface area (Å²) < 4.78 is 0. The van der Waals surface area contributed by atoms with Gasteiger partial charge in [0, 0.05) is 23.5 Å². The van der Waals surface area contributed by atoms with Crippen molar-refractivity contribution in [2.45, 2.75) is 60.5 Å². The number of hydrogen-bond donors (Lipinski definition) is 1. The molecule has 15 heavy (non-hydrogen) atoms. The van der Waals surface area contributed by atoms with Crippen molar-refractivity contribution in [3.8, 4) is 0 Å². The van der Waals surface area contributed by atoms with Gasteiger partial charge in [-0.25, -0.2) is 0 Å². The van der Waals surface area contributed by atoms with Crippen molar-refractivity contribution >= 4 is 5.71 Å². The zero-order valence-corrected chi connectivity index (χ0v) is 11.3. The van der Waals surface area contributed by atoms with Gasteiger partial charge in [0.2, 0.25) is 0 Å². The van der Waals surface area contributed by atoms with E-state index in [9.17, 15) is 0 Å². The fraction of sp³-hybridized carbons (Fsp3) is 0.769. The summed E-state index contributed by atoms with van der Waals surface area (Å²) in [5.74, 6) is 0.483. The van der Waals surface area contributed by atoms with Crippen molar-refractivity contribution in [2.75, 3.05) is 0 Å². The number of rotatable bonds is 5. The fourth-order valence-electron chi connectivity index (χ4n) is 1.37. The van der Waals surface area contributed by atoms with Crippen LogP contribution in [-0.4, -0.2) is 17.8 Å². The number of hydrogen-bond acceptors (Lipinski definition) is 2. The number of allylic oxidation sites excluding steroid dienone is 2. The zero-order valence-electron chi connectivity index (χ0n) is 11.3. The van der Waals surface area contributed by atoms with Crippen LogP contribution in [0.2, 0.25) is 0 Å². The van der Waals surface area contributed by atoms with Gasteiger partial charge in [-0.2, -0.15) is 0 Å². The van der Waals surface area contributed by atoms with Gasteiger partial charge in [-0.05, 0) is 46.6 Å². The number of nitrogens with one attached hydrogen (secondary N) is 1. The third kappa shape index (κ3) is 7.18. The van der Waals surface area contributed by atoms with E-state index < -0.39 is 0 Å². The van der Waals surface area contributed by atoms with E-state index in [-0.39, 0.29) is 0 Å². The Bertz CT molecular complexity index is 235. The predicted octanol–water partition coefficient (Wildman–Crippen LogP) is 3.39. The lowest BCUT2D eigenvalue weighted by Crippen LogP contribution is -2.22. The molecular weight excluding hydrogens is 184 g/mol. The van der Waals surface area contributed by atoms with Gasteiger partial charge in [0.25, 0.3) is 0 Å². The maximum absolute atomic E-state index is 4.62. The van der Waals surface area contributed by atoms with Gasteiger partial charge >= 0.3 is 0 Å². The second-order valence-corrected chi connectivity index (χ2v) is 4.93. The van der Waals surface area contributed by atoms with Gasteiger partial charge in [-0.1, -0.05) is 13.8 Å². The Morgan fingerprint density at radius 1 is 1.07 bits per heavy atom. The molecule has 0 aliphatic heterocycles. The Kier molecular flexibility index (Phi) is 6.30. The molecule has 0 spiro atoms. The molecule has 0 atom stereocenters. The molecule has 0 saturated carbocycles. The van der Waals surface area contributed by atoms with Crippen LogP contribution in [0.5, 0.6) is 0 Å². The second-order valence-electron chi connectivity index (χ2n) is 4.93. The topological polar surface area (TPSA) is 24.4 Å². The quantitative estimate of drug-likeness (QED) is 0.691. The molecule has 2 heteroatoms. The summed E-state index contributed by atoms with van der Waals surface area (Å²) in [6.45, 7) is 15.0. The van der Waals surface area contributed by atoms with Crippen molar-refractivity contribution in [3.63, 3.8) is 0 Å². The highest BCUT2D eigenvalue weighted by Gasteiger charge is 2.04. The Hall–Kier alpha value is -0.790. The monoisotopic (exact) mass is 210 g/mol. The molecule has 0 unspecified atom stereocenters. The SMILES string of the molecule is C/C(=C/C(=NC(C)C)C(C)C)NC(C)C. The molecule has 0 fully saturated rings. The highest BCUT2D eigenvalue weighted by Crippen LogP contribution is 2.04. The Labute approximate surface area is 94.9 Å². The van der Waals surface area contributed by atoms with Gasteiger partial charge in [-0.15, -0.1) is 0 Å². The molecule has 0 amide bonds. The van der Waals surface area contributed by atoms with Crippen molar-refractivity contribution in [1.29, 1.82) is 0 Å². The summed E-state index contributed by atoms with van der Waals surface area (Å²) in [4.78, 5) is 4.62. The molecule has 1 N–H and O–H groups in total. The molecule has 0 heterocycles. The van der Waals surface area contributed by atoms with E-state index in [4.69, 9.17) is 0 Å². The third-order valence-electron chi connectivity index (χ3n) is 1.88. The van der Waals surface area contributed by atoms with Crippen LogP contribution in [0.4, 0.5) is 0 Å².